The van der Waals surface area contributed by atoms with Gasteiger partial charge in [-0.05, 0) is 31.0 Å². The van der Waals surface area contributed by atoms with Crippen molar-refractivity contribution in [1.29, 1.82) is 0 Å². The summed E-state index contributed by atoms with van der Waals surface area (Å²) in [6.45, 7) is 3.71. The number of carbonyl (C=O) groups excluding carboxylic acids is 1. The predicted molar refractivity (Wildman–Crippen MR) is 114 cm³/mol. The van der Waals surface area contributed by atoms with Gasteiger partial charge in [0.2, 0.25) is 0 Å². The Balaban J connectivity index is 1.43. The Bertz CT molecular complexity index is 1040. The molecule has 2 aromatic heterocycles. The molecule has 156 valence electrons. The van der Waals surface area contributed by atoms with E-state index >= 15 is 0 Å². The number of fused-ring (bicyclic) bond motifs is 1. The van der Waals surface area contributed by atoms with E-state index in [9.17, 15) is 4.79 Å². The molecule has 7 nitrogen and oxygen atoms in total. The fourth-order valence-corrected chi connectivity index (χ4v) is 4.24. The molecule has 5 rings (SSSR count). The minimum absolute atomic E-state index is 0.0382. The molecule has 1 amide bonds. The van der Waals surface area contributed by atoms with Crippen molar-refractivity contribution in [3.05, 3.63) is 54.0 Å². The van der Waals surface area contributed by atoms with Crippen LogP contribution >= 0.6 is 0 Å². The molecule has 3 N–H and O–H groups in total. The number of pyridine rings is 1. The molecule has 4 heterocycles. The minimum Gasteiger partial charge on any atom is -0.381 e. The van der Waals surface area contributed by atoms with Crippen LogP contribution in [-0.4, -0.2) is 54.8 Å². The van der Waals surface area contributed by atoms with E-state index in [-0.39, 0.29) is 18.1 Å². The first-order chi connectivity index (χ1) is 14.8. The number of aromatic nitrogens is 2. The van der Waals surface area contributed by atoms with Gasteiger partial charge in [0.15, 0.2) is 0 Å². The van der Waals surface area contributed by atoms with Crippen LogP contribution in [0.2, 0.25) is 0 Å². The van der Waals surface area contributed by atoms with E-state index in [0.29, 0.717) is 25.4 Å². The van der Waals surface area contributed by atoms with E-state index < -0.39 is 0 Å². The third-order valence-corrected chi connectivity index (χ3v) is 5.86. The molecule has 2 aliphatic heterocycles. The van der Waals surface area contributed by atoms with E-state index in [0.717, 1.165) is 53.7 Å². The number of amides is 1. The first-order valence-electron chi connectivity index (χ1n) is 10.6. The topological polar surface area (TPSA) is 88.3 Å². The zero-order valence-corrected chi connectivity index (χ0v) is 16.8. The summed E-state index contributed by atoms with van der Waals surface area (Å²) in [5, 5.41) is 7.56. The summed E-state index contributed by atoms with van der Waals surface area (Å²) < 4.78 is 11.3. The lowest BCUT2D eigenvalue weighted by Gasteiger charge is -2.24. The molecule has 1 atom stereocenters. The molecule has 2 saturated heterocycles. The summed E-state index contributed by atoms with van der Waals surface area (Å²) in [6.07, 6.45) is 5.46. The maximum absolute atomic E-state index is 12.7. The van der Waals surface area contributed by atoms with Crippen molar-refractivity contribution in [1.82, 2.24) is 20.6 Å². The molecule has 7 heteroatoms. The normalized spacial score (nSPS) is 20.3. The van der Waals surface area contributed by atoms with E-state index in [2.05, 4.69) is 26.7 Å². The summed E-state index contributed by atoms with van der Waals surface area (Å²) in [4.78, 5) is 20.6. The number of carbonyl (C=O) groups is 1. The average Bonchev–Trinajstić information content (AvgIpc) is 3.23. The number of morpholine rings is 1. The van der Waals surface area contributed by atoms with Gasteiger partial charge in [0, 0.05) is 72.3 Å². The van der Waals surface area contributed by atoms with Crippen LogP contribution < -0.4 is 10.6 Å². The van der Waals surface area contributed by atoms with Gasteiger partial charge >= 0.3 is 0 Å². The number of hydrogen-bond donors (Lipinski definition) is 3. The Morgan fingerprint density at radius 3 is 2.87 bits per heavy atom. The smallest absolute Gasteiger partial charge is 0.251 e. The third-order valence-electron chi connectivity index (χ3n) is 5.86. The van der Waals surface area contributed by atoms with E-state index in [1.807, 2.05) is 36.7 Å². The van der Waals surface area contributed by atoms with Gasteiger partial charge in [0.05, 0.1) is 12.3 Å². The van der Waals surface area contributed by atoms with Crippen LogP contribution in [0.4, 0.5) is 0 Å². The molecule has 0 spiro atoms. The highest BCUT2D eigenvalue weighted by atomic mass is 16.5. The third kappa shape index (κ3) is 3.84. The fourth-order valence-electron chi connectivity index (χ4n) is 4.24. The lowest BCUT2D eigenvalue weighted by atomic mass is 9.99. The van der Waals surface area contributed by atoms with Gasteiger partial charge in [0.25, 0.3) is 5.91 Å². The standard InChI is InChI=1S/C23H26N4O3/c28-23(27-16-5-9-29-10-6-16)15-3-4-17-19(13-26-20(17)12-15)18-2-1-7-25-22(18)21-14-24-8-11-30-21/h1-4,7,12-13,16,21,24,26H,5-6,8-11,14H2,(H,27,28). The summed E-state index contributed by atoms with van der Waals surface area (Å²) in [6, 6.07) is 10.0. The number of nitrogens with zero attached hydrogens (tertiary/aromatic N) is 1. The van der Waals surface area contributed by atoms with Gasteiger partial charge < -0.3 is 25.1 Å². The highest BCUT2D eigenvalue weighted by Crippen LogP contribution is 2.34. The van der Waals surface area contributed by atoms with Gasteiger partial charge in [0.1, 0.15) is 6.10 Å². The first kappa shape index (κ1) is 19.2. The lowest BCUT2D eigenvalue weighted by Crippen LogP contribution is -2.38. The van der Waals surface area contributed by atoms with Crippen molar-refractivity contribution < 1.29 is 14.3 Å². The van der Waals surface area contributed by atoms with Gasteiger partial charge in [-0.1, -0.05) is 12.1 Å². The Morgan fingerprint density at radius 1 is 1.13 bits per heavy atom. The van der Waals surface area contributed by atoms with Crippen molar-refractivity contribution in [2.45, 2.75) is 25.0 Å². The van der Waals surface area contributed by atoms with Gasteiger partial charge in [-0.15, -0.1) is 0 Å². The number of ether oxygens (including phenoxy) is 2. The largest absolute Gasteiger partial charge is 0.381 e. The lowest BCUT2D eigenvalue weighted by molar-refractivity contribution is 0.0254. The Kier molecular flexibility index (Phi) is 5.48. The van der Waals surface area contributed by atoms with Crippen molar-refractivity contribution in [2.24, 2.45) is 0 Å². The van der Waals surface area contributed by atoms with Crippen molar-refractivity contribution in [3.63, 3.8) is 0 Å². The number of rotatable bonds is 4. The molecule has 3 aromatic rings. The molecule has 0 radical (unpaired) electrons. The SMILES string of the molecule is O=C(NC1CCOCC1)c1ccc2c(-c3cccnc3C3CNCCO3)c[nH]c2c1. The van der Waals surface area contributed by atoms with Gasteiger partial charge in [-0.25, -0.2) is 0 Å². The monoisotopic (exact) mass is 406 g/mol. The van der Waals surface area contributed by atoms with Crippen molar-refractivity contribution >= 4 is 16.8 Å². The molecule has 1 aromatic carbocycles. The Hall–Kier alpha value is -2.74. The molecule has 1 unspecified atom stereocenters. The van der Waals surface area contributed by atoms with Crippen LogP contribution in [0, 0.1) is 0 Å². The molecule has 0 saturated carbocycles. The number of nitrogens with one attached hydrogen (secondary N) is 3. The van der Waals surface area contributed by atoms with Crippen molar-refractivity contribution in [2.75, 3.05) is 32.9 Å². The fraction of sp³-hybridized carbons (Fsp3) is 0.391. The van der Waals surface area contributed by atoms with Crippen LogP contribution in [0.5, 0.6) is 0 Å². The summed E-state index contributed by atoms with van der Waals surface area (Å²) in [7, 11) is 0. The quantitative estimate of drug-likeness (QED) is 0.620. The zero-order valence-electron chi connectivity index (χ0n) is 16.8. The molecular weight excluding hydrogens is 380 g/mol. The molecule has 0 bridgehead atoms. The average molecular weight is 406 g/mol. The maximum atomic E-state index is 12.7. The molecule has 30 heavy (non-hydrogen) atoms. The highest BCUT2D eigenvalue weighted by molar-refractivity contribution is 6.02. The van der Waals surface area contributed by atoms with Crippen LogP contribution in [0.3, 0.4) is 0 Å². The number of H-pyrrole nitrogens is 1. The molecule has 2 fully saturated rings. The Morgan fingerprint density at radius 2 is 2.03 bits per heavy atom. The molecule has 0 aliphatic carbocycles. The van der Waals surface area contributed by atoms with Crippen LogP contribution in [0.25, 0.3) is 22.0 Å². The molecular formula is C23H26N4O3. The van der Waals surface area contributed by atoms with E-state index in [4.69, 9.17) is 9.47 Å². The predicted octanol–water partition coefficient (Wildman–Crippen LogP) is 2.80. The summed E-state index contributed by atoms with van der Waals surface area (Å²) in [5.41, 5.74) is 4.65. The van der Waals surface area contributed by atoms with Crippen LogP contribution in [0.1, 0.15) is 35.0 Å². The van der Waals surface area contributed by atoms with Gasteiger partial charge in [-0.3, -0.25) is 9.78 Å². The van der Waals surface area contributed by atoms with Gasteiger partial charge in [-0.2, -0.15) is 0 Å². The number of aromatic amines is 1. The second-order valence-electron chi connectivity index (χ2n) is 7.82. The Labute approximate surface area is 175 Å². The van der Waals surface area contributed by atoms with Crippen molar-refractivity contribution in [3.8, 4) is 11.1 Å². The summed E-state index contributed by atoms with van der Waals surface area (Å²) in [5.74, 6) is -0.0382. The van der Waals surface area contributed by atoms with E-state index in [1.54, 1.807) is 0 Å². The second kappa shape index (κ2) is 8.55. The maximum Gasteiger partial charge on any atom is 0.251 e. The number of hydrogen-bond acceptors (Lipinski definition) is 5. The van der Waals surface area contributed by atoms with Crippen LogP contribution in [0.15, 0.2) is 42.7 Å². The summed E-state index contributed by atoms with van der Waals surface area (Å²) >= 11 is 0. The van der Waals surface area contributed by atoms with E-state index in [1.165, 1.54) is 0 Å². The van der Waals surface area contributed by atoms with Crippen LogP contribution in [-0.2, 0) is 9.47 Å². The second-order valence-corrected chi connectivity index (χ2v) is 7.82. The molecule has 2 aliphatic rings. The minimum atomic E-state index is -0.0653. The first-order valence-corrected chi connectivity index (χ1v) is 10.6. The zero-order chi connectivity index (χ0) is 20.3. The number of benzene rings is 1. The highest BCUT2D eigenvalue weighted by Gasteiger charge is 2.22.